The number of hydrogen-bond donors (Lipinski definition) is 1. The van der Waals surface area contributed by atoms with Crippen LogP contribution in [0.1, 0.15) is 30.9 Å². The molecule has 1 atom stereocenters. The molecule has 1 unspecified atom stereocenters. The zero-order chi connectivity index (χ0) is 19.8. The molecule has 0 saturated carbocycles. The highest BCUT2D eigenvalue weighted by atomic mass is 32.2. The average molecular weight is 417 g/mol. The molecular weight excluding hydrogens is 392 g/mol. The van der Waals surface area contributed by atoms with Gasteiger partial charge in [0.2, 0.25) is 0 Å². The molecule has 1 aliphatic heterocycles. The van der Waals surface area contributed by atoms with E-state index in [0.29, 0.717) is 5.71 Å². The van der Waals surface area contributed by atoms with Crippen LogP contribution in [0.5, 0.6) is 0 Å². The molecule has 3 aromatic carbocycles. The van der Waals surface area contributed by atoms with E-state index >= 15 is 0 Å². The third kappa shape index (κ3) is 3.89. The fourth-order valence-corrected chi connectivity index (χ4v) is 6.22. The second kappa shape index (κ2) is 8.02. The first-order valence-corrected chi connectivity index (χ1v) is 11.8. The Morgan fingerprint density at radius 2 is 1.52 bits per heavy atom. The van der Waals surface area contributed by atoms with Crippen LogP contribution in [-0.4, -0.2) is 23.1 Å². The van der Waals surface area contributed by atoms with Gasteiger partial charge in [-0.1, -0.05) is 49.0 Å². The molecule has 146 valence electrons. The maximum absolute atomic E-state index is 8.80. The SMILES string of the molecule is CC1CCCN(Sc2ccc3c(c2)C(=N)c2cc(Sc4ccccc4)ccc2-3)C1. The van der Waals surface area contributed by atoms with E-state index in [-0.39, 0.29) is 0 Å². The lowest BCUT2D eigenvalue weighted by atomic mass is 10.0. The minimum atomic E-state index is 0.653. The summed E-state index contributed by atoms with van der Waals surface area (Å²) in [4.78, 5) is 3.66. The van der Waals surface area contributed by atoms with Crippen molar-refractivity contribution in [2.75, 3.05) is 13.1 Å². The predicted molar refractivity (Wildman–Crippen MR) is 124 cm³/mol. The van der Waals surface area contributed by atoms with Gasteiger partial charge in [0.1, 0.15) is 0 Å². The van der Waals surface area contributed by atoms with Crippen LogP contribution in [0, 0.1) is 11.3 Å². The quantitative estimate of drug-likeness (QED) is 0.364. The van der Waals surface area contributed by atoms with Crippen LogP contribution in [0.15, 0.2) is 81.4 Å². The lowest BCUT2D eigenvalue weighted by Gasteiger charge is -2.29. The van der Waals surface area contributed by atoms with Gasteiger partial charge in [-0.3, -0.25) is 5.41 Å². The van der Waals surface area contributed by atoms with Gasteiger partial charge < -0.3 is 0 Å². The summed E-state index contributed by atoms with van der Waals surface area (Å²) >= 11 is 3.61. The van der Waals surface area contributed by atoms with Gasteiger partial charge in [0, 0.05) is 38.9 Å². The number of nitrogens with zero attached hydrogens (tertiary/aromatic N) is 1. The number of fused-ring (bicyclic) bond motifs is 3. The van der Waals surface area contributed by atoms with E-state index < -0.39 is 0 Å². The maximum Gasteiger partial charge on any atom is 0.0697 e. The first-order chi connectivity index (χ1) is 14.2. The van der Waals surface area contributed by atoms with Crippen molar-refractivity contribution in [2.45, 2.75) is 34.5 Å². The molecule has 0 amide bonds. The lowest BCUT2D eigenvalue weighted by Crippen LogP contribution is -2.28. The zero-order valence-corrected chi connectivity index (χ0v) is 18.2. The van der Waals surface area contributed by atoms with Crippen molar-refractivity contribution in [3.05, 3.63) is 77.9 Å². The van der Waals surface area contributed by atoms with E-state index in [9.17, 15) is 0 Å². The maximum atomic E-state index is 8.80. The van der Waals surface area contributed by atoms with E-state index in [2.05, 4.69) is 71.9 Å². The van der Waals surface area contributed by atoms with Crippen LogP contribution in [-0.2, 0) is 0 Å². The molecule has 0 radical (unpaired) electrons. The fraction of sp³-hybridized carbons (Fsp3) is 0.240. The molecule has 1 heterocycles. The molecule has 1 aliphatic carbocycles. The summed E-state index contributed by atoms with van der Waals surface area (Å²) in [5, 5.41) is 8.80. The van der Waals surface area contributed by atoms with Gasteiger partial charge >= 0.3 is 0 Å². The Hall–Kier alpha value is -2.01. The summed E-state index contributed by atoms with van der Waals surface area (Å²) in [6.07, 6.45) is 2.62. The zero-order valence-electron chi connectivity index (χ0n) is 16.5. The highest BCUT2D eigenvalue weighted by molar-refractivity contribution is 7.99. The van der Waals surface area contributed by atoms with Crippen LogP contribution in [0.2, 0.25) is 0 Å². The summed E-state index contributed by atoms with van der Waals surface area (Å²) in [6, 6.07) is 23.6. The third-order valence-electron chi connectivity index (χ3n) is 5.64. The molecule has 5 rings (SSSR count). The summed E-state index contributed by atoms with van der Waals surface area (Å²) < 4.78 is 2.48. The first kappa shape index (κ1) is 19.0. The Labute approximate surface area is 181 Å². The molecule has 1 N–H and O–H groups in total. The van der Waals surface area contributed by atoms with Crippen molar-refractivity contribution in [3.63, 3.8) is 0 Å². The molecule has 4 heteroatoms. The fourth-order valence-electron chi connectivity index (χ4n) is 4.20. The van der Waals surface area contributed by atoms with Crippen molar-refractivity contribution in [3.8, 4) is 11.1 Å². The van der Waals surface area contributed by atoms with Gasteiger partial charge in [-0.15, -0.1) is 0 Å². The Morgan fingerprint density at radius 3 is 2.24 bits per heavy atom. The van der Waals surface area contributed by atoms with Crippen LogP contribution in [0.25, 0.3) is 11.1 Å². The highest BCUT2D eigenvalue weighted by Crippen LogP contribution is 2.41. The van der Waals surface area contributed by atoms with Crippen molar-refractivity contribution in [1.29, 1.82) is 5.41 Å². The predicted octanol–water partition coefficient (Wildman–Crippen LogP) is 6.97. The molecule has 29 heavy (non-hydrogen) atoms. The van der Waals surface area contributed by atoms with E-state index in [4.69, 9.17) is 5.41 Å². The second-order valence-electron chi connectivity index (χ2n) is 7.93. The van der Waals surface area contributed by atoms with E-state index in [1.54, 1.807) is 11.8 Å². The number of benzene rings is 3. The van der Waals surface area contributed by atoms with Crippen molar-refractivity contribution in [1.82, 2.24) is 4.31 Å². The molecule has 1 fully saturated rings. The molecule has 0 bridgehead atoms. The summed E-state index contributed by atoms with van der Waals surface area (Å²) in [5.74, 6) is 0.772. The number of nitrogens with one attached hydrogen (secondary N) is 1. The molecule has 3 aromatic rings. The minimum absolute atomic E-state index is 0.653. The first-order valence-electron chi connectivity index (χ1n) is 10.2. The molecule has 0 aromatic heterocycles. The summed E-state index contributed by atoms with van der Waals surface area (Å²) in [6.45, 7) is 4.65. The Balaban J connectivity index is 1.39. The van der Waals surface area contributed by atoms with E-state index in [1.165, 1.54) is 38.7 Å². The van der Waals surface area contributed by atoms with Crippen molar-refractivity contribution >= 4 is 29.4 Å². The van der Waals surface area contributed by atoms with E-state index in [0.717, 1.165) is 30.1 Å². The number of rotatable bonds is 4. The molecular formula is C25H24N2S2. The molecule has 2 nitrogen and oxygen atoms in total. The molecule has 2 aliphatic rings. The van der Waals surface area contributed by atoms with Crippen LogP contribution in [0.4, 0.5) is 0 Å². The Bertz CT molecular complexity index is 1060. The van der Waals surface area contributed by atoms with Crippen LogP contribution in [0.3, 0.4) is 0 Å². The van der Waals surface area contributed by atoms with Crippen LogP contribution >= 0.6 is 23.7 Å². The van der Waals surface area contributed by atoms with Gasteiger partial charge in [0.25, 0.3) is 0 Å². The lowest BCUT2D eigenvalue weighted by molar-refractivity contribution is 0.302. The Kier molecular flexibility index (Phi) is 5.25. The summed E-state index contributed by atoms with van der Waals surface area (Å²) in [5.41, 5.74) is 5.15. The minimum Gasteiger partial charge on any atom is -0.300 e. The van der Waals surface area contributed by atoms with Crippen molar-refractivity contribution < 1.29 is 0 Å². The normalized spacial score (nSPS) is 18.5. The average Bonchev–Trinajstić information content (AvgIpc) is 3.00. The largest absolute Gasteiger partial charge is 0.300 e. The van der Waals surface area contributed by atoms with Gasteiger partial charge in [-0.25, -0.2) is 4.31 Å². The number of hydrogen-bond acceptors (Lipinski definition) is 4. The van der Waals surface area contributed by atoms with Gasteiger partial charge in [0.05, 0.1) is 5.71 Å². The molecule has 0 spiro atoms. The van der Waals surface area contributed by atoms with Gasteiger partial charge in [-0.05, 0) is 78.2 Å². The third-order valence-corrected chi connectivity index (χ3v) is 7.70. The standard InChI is InChI=1S/C25H24N2S2/c1-17-6-5-13-27(16-17)29-20-10-12-22-21-11-9-19(28-18-7-3-2-4-8-18)14-23(21)25(26)24(22)15-20/h2-4,7-12,14-15,17,26H,5-6,13,16H2,1H3. The topological polar surface area (TPSA) is 27.1 Å². The molecule has 1 saturated heterocycles. The van der Waals surface area contributed by atoms with Crippen molar-refractivity contribution in [2.24, 2.45) is 5.92 Å². The second-order valence-corrected chi connectivity index (χ2v) is 10.2. The summed E-state index contributed by atoms with van der Waals surface area (Å²) in [7, 11) is 0. The van der Waals surface area contributed by atoms with E-state index in [1.807, 2.05) is 18.0 Å². The van der Waals surface area contributed by atoms with Gasteiger partial charge in [0.15, 0.2) is 0 Å². The smallest absolute Gasteiger partial charge is 0.0697 e. The van der Waals surface area contributed by atoms with Crippen LogP contribution < -0.4 is 0 Å². The monoisotopic (exact) mass is 416 g/mol. The number of piperidine rings is 1. The van der Waals surface area contributed by atoms with Gasteiger partial charge in [-0.2, -0.15) is 0 Å². The Morgan fingerprint density at radius 1 is 0.828 bits per heavy atom. The highest BCUT2D eigenvalue weighted by Gasteiger charge is 2.25.